The fourth-order valence-electron chi connectivity index (χ4n) is 10.7. The van der Waals surface area contributed by atoms with Gasteiger partial charge in [0.05, 0.1) is 56.1 Å². The molecule has 0 saturated carbocycles. The fraction of sp³-hybridized carbons (Fsp3) is 0.409. The quantitative estimate of drug-likeness (QED) is 0.0530. The van der Waals surface area contributed by atoms with Crippen molar-refractivity contribution in [1.29, 1.82) is 0 Å². The van der Waals surface area contributed by atoms with Crippen molar-refractivity contribution >= 4 is 0 Å². The summed E-state index contributed by atoms with van der Waals surface area (Å²) in [6, 6.07) is 14.8. The van der Waals surface area contributed by atoms with Crippen LogP contribution in [-0.4, -0.2) is 197 Å². The second-order valence-electron chi connectivity index (χ2n) is 23.6. The molecule has 3 aliphatic rings. The lowest BCUT2D eigenvalue weighted by Gasteiger charge is -2.16. The van der Waals surface area contributed by atoms with Crippen LogP contribution in [0.4, 0.5) is 0 Å². The van der Waals surface area contributed by atoms with Crippen molar-refractivity contribution in [2.24, 2.45) is 11.8 Å². The van der Waals surface area contributed by atoms with Gasteiger partial charge in [-0.25, -0.2) is 84.7 Å². The zero-order valence-corrected chi connectivity index (χ0v) is 57.4. The number of nitrogens with one attached hydrogen (secondary N) is 5. The Labute approximate surface area is 588 Å². The maximum absolute atomic E-state index is 5.61. The number of nitrogens with zero attached hydrogens (tertiary/aromatic N) is 28. The zero-order chi connectivity index (χ0) is 70.3. The minimum Gasteiger partial charge on any atom is -0.381 e. The smallest absolute Gasteiger partial charge is 0.252 e. The van der Waals surface area contributed by atoms with E-state index in [1.54, 1.807) is 147 Å². The van der Waals surface area contributed by atoms with Gasteiger partial charge in [-0.3, -0.25) is 4.98 Å². The van der Waals surface area contributed by atoms with E-state index in [0.717, 1.165) is 120 Å². The van der Waals surface area contributed by atoms with Crippen LogP contribution in [0, 0.1) is 11.8 Å². The Morgan fingerprint density at radius 1 is 0.353 bits per heavy atom. The largest absolute Gasteiger partial charge is 0.381 e. The molecule has 36 nitrogen and oxygen atoms in total. The van der Waals surface area contributed by atoms with Gasteiger partial charge in [0.1, 0.15) is 37.5 Å². The Bertz CT molecular complexity index is 3880. The Morgan fingerprint density at radius 2 is 0.667 bits per heavy atom. The van der Waals surface area contributed by atoms with Crippen molar-refractivity contribution in [3.8, 4) is 29.7 Å². The van der Waals surface area contributed by atoms with Gasteiger partial charge in [0.15, 0.2) is 29.1 Å². The van der Waals surface area contributed by atoms with E-state index < -0.39 is 0 Å². The SMILES string of the molecule is CC(NCC1CCCO1)c1ncnn1-c1ncccn1.CC(NCC1CCOC1)c1ncnn1-c1ncccn1.CC(NCC1CCOC1)c1ncnn1-c1ncccn1.CC(NCc1ccncc1)c1ncnn1-c1ncccn1.CC(NCc1ncccn1)c1ncnn1-c1ncccn1. The van der Waals surface area contributed by atoms with Gasteiger partial charge in [-0.05, 0) is 126 Å². The average Bonchev–Trinajstić information content (AvgIpc) is 1.70. The molecule has 0 aromatic carbocycles. The molecule has 15 heterocycles. The lowest BCUT2D eigenvalue weighted by atomic mass is 10.1. The minimum absolute atomic E-state index is 0.0180. The summed E-state index contributed by atoms with van der Waals surface area (Å²) < 4.78 is 24.6. The number of aromatic nitrogens is 28. The topological polar surface area (TPSA) is 409 Å². The van der Waals surface area contributed by atoms with Crippen LogP contribution in [0.1, 0.15) is 131 Å². The van der Waals surface area contributed by atoms with Crippen molar-refractivity contribution in [3.63, 3.8) is 0 Å². The molecular formula is C66H83N33O3. The lowest BCUT2D eigenvalue weighted by Crippen LogP contribution is -2.30. The lowest BCUT2D eigenvalue weighted by molar-refractivity contribution is 0.107. The molecule has 0 spiro atoms. The Morgan fingerprint density at radius 3 is 0.980 bits per heavy atom. The number of pyridine rings is 1. The van der Waals surface area contributed by atoms with E-state index >= 15 is 0 Å². The number of rotatable bonds is 25. The zero-order valence-electron chi connectivity index (χ0n) is 57.4. The van der Waals surface area contributed by atoms with Crippen LogP contribution < -0.4 is 26.6 Å². The standard InChI is InChI=1S/C14H15N7.C13H14N8.3C13H18N6O/c1-11(18-9-12-3-7-15-8-4-12)13-19-10-20-21(13)14-16-5-2-6-17-14;1-10(18-8-11-14-4-2-5-15-11)12-19-9-20-21(12)13-16-6-3-7-17-13;1-10(16-8-11-4-2-7-20-11)12-17-9-18-19(12)13-14-5-3-6-15-13;2*1-10(16-7-11-3-6-20-8-11)12-17-9-18-19(12)13-14-4-2-5-15-13/h2-8,10-11,18H,9H2,1H3;2-7,9-10,18H,8H2,1H3;3,5-6,9-11,16H,2,4,7-8H2,1H3;2*2,4-5,9-11,16H,3,6-8H2,1H3. The van der Waals surface area contributed by atoms with Gasteiger partial charge in [0.2, 0.25) is 0 Å². The summed E-state index contributed by atoms with van der Waals surface area (Å²) in [5, 5.41) is 38.1. The van der Waals surface area contributed by atoms with Crippen molar-refractivity contribution in [1.82, 2.24) is 165 Å². The second kappa shape index (κ2) is 38.6. The van der Waals surface area contributed by atoms with E-state index in [9.17, 15) is 0 Å². The highest BCUT2D eigenvalue weighted by molar-refractivity contribution is 5.17. The molecule has 0 aliphatic carbocycles. The van der Waals surface area contributed by atoms with E-state index in [0.29, 0.717) is 54.2 Å². The van der Waals surface area contributed by atoms with Gasteiger partial charge < -0.3 is 40.8 Å². The summed E-state index contributed by atoms with van der Waals surface area (Å²) in [4.78, 5) is 75.8. The van der Waals surface area contributed by atoms with Gasteiger partial charge in [-0.15, -0.1) is 0 Å². The van der Waals surface area contributed by atoms with Gasteiger partial charge in [0.25, 0.3) is 29.7 Å². The molecule has 8 atom stereocenters. The first kappa shape index (κ1) is 72.3. The molecule has 0 radical (unpaired) electrons. The normalized spacial score (nSPS) is 16.9. The van der Waals surface area contributed by atoms with Crippen molar-refractivity contribution in [2.45, 2.75) is 110 Å². The van der Waals surface area contributed by atoms with Crippen LogP contribution >= 0.6 is 0 Å². The summed E-state index contributed by atoms with van der Waals surface area (Å²) in [6.45, 7) is 18.4. The monoisotopic (exact) mass is 1390 g/mol. The highest BCUT2D eigenvalue weighted by atomic mass is 16.5. The fourth-order valence-corrected chi connectivity index (χ4v) is 10.7. The summed E-state index contributed by atoms with van der Waals surface area (Å²) >= 11 is 0. The highest BCUT2D eigenvalue weighted by Gasteiger charge is 2.24. The predicted octanol–water partition coefficient (Wildman–Crippen LogP) is 4.38. The summed E-state index contributed by atoms with van der Waals surface area (Å²) in [5.41, 5.74) is 1.17. The molecular weight excluding hydrogens is 1300 g/mol. The molecule has 12 aromatic heterocycles. The molecule has 530 valence electrons. The molecule has 3 saturated heterocycles. The minimum atomic E-state index is -0.0416. The number of hydrogen-bond donors (Lipinski definition) is 5. The van der Waals surface area contributed by atoms with Gasteiger partial charge in [-0.1, -0.05) is 0 Å². The molecule has 12 aromatic rings. The molecule has 15 rings (SSSR count). The maximum atomic E-state index is 5.61. The number of hydrogen-bond acceptors (Lipinski definition) is 31. The summed E-state index contributed by atoms with van der Waals surface area (Å²) in [7, 11) is 0. The van der Waals surface area contributed by atoms with Crippen molar-refractivity contribution in [3.05, 3.63) is 207 Å². The first-order chi connectivity index (χ1) is 50.2. The predicted molar refractivity (Wildman–Crippen MR) is 368 cm³/mol. The third-order valence-corrected chi connectivity index (χ3v) is 16.2. The van der Waals surface area contributed by atoms with Crippen LogP contribution in [0.25, 0.3) is 29.7 Å². The third-order valence-electron chi connectivity index (χ3n) is 16.2. The first-order valence-corrected chi connectivity index (χ1v) is 33.7. The van der Waals surface area contributed by atoms with E-state index in [1.807, 2.05) is 26.0 Å². The van der Waals surface area contributed by atoms with E-state index in [-0.39, 0.29) is 30.2 Å². The van der Waals surface area contributed by atoms with Gasteiger partial charge in [0, 0.05) is 133 Å². The molecule has 5 N–H and O–H groups in total. The Kier molecular flexibility index (Phi) is 27.3. The van der Waals surface area contributed by atoms with E-state index in [4.69, 9.17) is 14.2 Å². The molecule has 0 bridgehead atoms. The highest BCUT2D eigenvalue weighted by Crippen LogP contribution is 2.20. The first-order valence-electron chi connectivity index (χ1n) is 33.7. The Balaban J connectivity index is 0.000000128. The second-order valence-corrected chi connectivity index (χ2v) is 23.6. The van der Waals surface area contributed by atoms with Crippen LogP contribution in [-0.2, 0) is 27.3 Å². The summed E-state index contributed by atoms with van der Waals surface area (Å²) in [5.74, 6) is 8.46. The summed E-state index contributed by atoms with van der Waals surface area (Å²) in [6.07, 6.45) is 36.3. The van der Waals surface area contributed by atoms with Gasteiger partial charge >= 0.3 is 0 Å². The van der Waals surface area contributed by atoms with Crippen LogP contribution in [0.3, 0.4) is 0 Å². The molecule has 36 heteroatoms. The van der Waals surface area contributed by atoms with Crippen LogP contribution in [0.5, 0.6) is 0 Å². The Hall–Kier alpha value is -11.0. The molecule has 8 unspecified atom stereocenters. The average molecular weight is 1390 g/mol. The van der Waals surface area contributed by atoms with E-state index in [1.165, 1.54) is 37.2 Å². The third kappa shape index (κ3) is 21.0. The van der Waals surface area contributed by atoms with Gasteiger partial charge in [-0.2, -0.15) is 48.9 Å². The molecule has 3 fully saturated rings. The van der Waals surface area contributed by atoms with E-state index in [2.05, 4.69) is 163 Å². The van der Waals surface area contributed by atoms with Crippen LogP contribution in [0.15, 0.2) is 167 Å². The van der Waals surface area contributed by atoms with Crippen molar-refractivity contribution in [2.75, 3.05) is 52.7 Å². The molecule has 102 heavy (non-hydrogen) atoms. The van der Waals surface area contributed by atoms with Crippen molar-refractivity contribution < 1.29 is 14.2 Å². The maximum Gasteiger partial charge on any atom is 0.252 e. The molecule has 3 aliphatic heterocycles. The van der Waals surface area contributed by atoms with Crippen LogP contribution in [0.2, 0.25) is 0 Å². The molecule has 0 amide bonds. The number of ether oxygens (including phenoxy) is 3.